The Hall–Kier alpha value is -1.74. The van der Waals surface area contributed by atoms with Gasteiger partial charge in [0, 0.05) is 18.6 Å². The number of hydrogen-bond donors (Lipinski definition) is 1. The van der Waals surface area contributed by atoms with Gasteiger partial charge in [0.05, 0.1) is 11.7 Å². The molecule has 0 saturated heterocycles. The van der Waals surface area contributed by atoms with Crippen molar-refractivity contribution in [2.24, 2.45) is 5.73 Å². The predicted molar refractivity (Wildman–Crippen MR) is 65.9 cm³/mol. The van der Waals surface area contributed by atoms with E-state index in [1.54, 1.807) is 18.6 Å². The topological polar surface area (TPSA) is 51.8 Å². The molecule has 0 bridgehead atoms. The number of hydrogen-bond acceptors (Lipinski definition) is 3. The molecule has 3 nitrogen and oxygen atoms in total. The van der Waals surface area contributed by atoms with E-state index in [0.717, 1.165) is 11.3 Å². The maximum atomic E-state index is 6.01. The Labute approximate surface area is 96.4 Å². The molecule has 0 amide bonds. The summed E-state index contributed by atoms with van der Waals surface area (Å²) in [6.45, 7) is 4.00. The summed E-state index contributed by atoms with van der Waals surface area (Å²) in [5, 5.41) is 0. The summed E-state index contributed by atoms with van der Waals surface area (Å²) < 4.78 is 0. The van der Waals surface area contributed by atoms with Crippen LogP contribution in [-0.2, 0) is 0 Å². The van der Waals surface area contributed by atoms with E-state index in [-0.39, 0.29) is 6.04 Å². The number of aromatic nitrogens is 2. The van der Waals surface area contributed by atoms with Crippen LogP contribution in [0.4, 0.5) is 0 Å². The van der Waals surface area contributed by atoms with Crippen molar-refractivity contribution < 1.29 is 0 Å². The second kappa shape index (κ2) is 6.69. The SMILES string of the molecule is CC.NC(c1cccnc1)c1ccccn1. The van der Waals surface area contributed by atoms with Gasteiger partial charge in [0.2, 0.25) is 0 Å². The lowest BCUT2D eigenvalue weighted by Crippen LogP contribution is -2.13. The minimum atomic E-state index is -0.190. The Bertz CT molecular complexity index is 347. The van der Waals surface area contributed by atoms with Gasteiger partial charge in [0.15, 0.2) is 0 Å². The van der Waals surface area contributed by atoms with E-state index in [0.29, 0.717) is 0 Å². The van der Waals surface area contributed by atoms with Gasteiger partial charge in [-0.1, -0.05) is 26.0 Å². The first kappa shape index (κ1) is 12.3. The summed E-state index contributed by atoms with van der Waals surface area (Å²) in [5.74, 6) is 0. The van der Waals surface area contributed by atoms with Crippen LogP contribution in [0.3, 0.4) is 0 Å². The summed E-state index contributed by atoms with van der Waals surface area (Å²) >= 11 is 0. The van der Waals surface area contributed by atoms with Gasteiger partial charge >= 0.3 is 0 Å². The van der Waals surface area contributed by atoms with Crippen LogP contribution in [0.1, 0.15) is 31.1 Å². The van der Waals surface area contributed by atoms with Crippen LogP contribution >= 0.6 is 0 Å². The first-order chi connectivity index (χ1) is 7.88. The molecule has 0 aliphatic carbocycles. The standard InChI is InChI=1S/C11H11N3.C2H6/c12-11(9-4-3-6-13-8-9)10-5-1-2-7-14-10;1-2/h1-8,11H,12H2;1-2H3. The van der Waals surface area contributed by atoms with Gasteiger partial charge in [-0.3, -0.25) is 9.97 Å². The third-order valence-corrected chi connectivity index (χ3v) is 2.05. The van der Waals surface area contributed by atoms with Crippen LogP contribution in [0.25, 0.3) is 0 Å². The Morgan fingerprint density at radius 2 is 1.88 bits per heavy atom. The van der Waals surface area contributed by atoms with E-state index in [1.165, 1.54) is 0 Å². The molecule has 0 saturated carbocycles. The third-order valence-electron chi connectivity index (χ3n) is 2.05. The minimum Gasteiger partial charge on any atom is -0.319 e. The van der Waals surface area contributed by atoms with E-state index in [1.807, 2.05) is 44.2 Å². The highest BCUT2D eigenvalue weighted by molar-refractivity contribution is 5.23. The first-order valence-electron chi connectivity index (χ1n) is 5.44. The molecule has 0 aromatic carbocycles. The van der Waals surface area contributed by atoms with E-state index >= 15 is 0 Å². The Balaban J connectivity index is 0.000000606. The van der Waals surface area contributed by atoms with Crippen molar-refractivity contribution in [1.29, 1.82) is 0 Å². The Kier molecular flexibility index (Phi) is 5.16. The molecule has 2 rings (SSSR count). The fourth-order valence-corrected chi connectivity index (χ4v) is 1.29. The molecular formula is C13H17N3. The Morgan fingerprint density at radius 3 is 2.44 bits per heavy atom. The van der Waals surface area contributed by atoms with Crippen LogP contribution in [0.15, 0.2) is 48.9 Å². The number of rotatable bonds is 2. The van der Waals surface area contributed by atoms with Gasteiger partial charge in [-0.05, 0) is 23.8 Å². The third kappa shape index (κ3) is 3.14. The largest absolute Gasteiger partial charge is 0.319 e. The highest BCUT2D eigenvalue weighted by Gasteiger charge is 2.08. The summed E-state index contributed by atoms with van der Waals surface area (Å²) in [7, 11) is 0. The van der Waals surface area contributed by atoms with Gasteiger partial charge in [-0.2, -0.15) is 0 Å². The molecule has 0 radical (unpaired) electrons. The number of pyridine rings is 2. The number of nitrogens with zero attached hydrogens (tertiary/aromatic N) is 2. The second-order valence-electron chi connectivity index (χ2n) is 3.02. The first-order valence-corrected chi connectivity index (χ1v) is 5.44. The molecular weight excluding hydrogens is 198 g/mol. The summed E-state index contributed by atoms with van der Waals surface area (Å²) in [6, 6.07) is 9.35. The lowest BCUT2D eigenvalue weighted by atomic mass is 10.1. The molecule has 0 aliphatic rings. The lowest BCUT2D eigenvalue weighted by molar-refractivity contribution is 0.823. The van der Waals surface area contributed by atoms with Crippen molar-refractivity contribution in [3.8, 4) is 0 Å². The molecule has 2 aromatic heterocycles. The predicted octanol–water partition coefficient (Wildman–Crippen LogP) is 2.55. The summed E-state index contributed by atoms with van der Waals surface area (Å²) in [4.78, 5) is 8.23. The van der Waals surface area contributed by atoms with Crippen LogP contribution in [0, 0.1) is 0 Å². The molecule has 2 aromatic rings. The van der Waals surface area contributed by atoms with Crippen molar-refractivity contribution in [2.75, 3.05) is 0 Å². The molecule has 0 aliphatic heterocycles. The van der Waals surface area contributed by atoms with Gasteiger partial charge < -0.3 is 5.73 Å². The molecule has 2 N–H and O–H groups in total. The maximum Gasteiger partial charge on any atom is 0.0741 e. The van der Waals surface area contributed by atoms with E-state index in [4.69, 9.17) is 5.73 Å². The molecule has 2 heterocycles. The van der Waals surface area contributed by atoms with Crippen molar-refractivity contribution in [3.63, 3.8) is 0 Å². The van der Waals surface area contributed by atoms with Gasteiger partial charge in [-0.15, -0.1) is 0 Å². The highest BCUT2D eigenvalue weighted by atomic mass is 14.8. The fourth-order valence-electron chi connectivity index (χ4n) is 1.29. The molecule has 84 valence electrons. The smallest absolute Gasteiger partial charge is 0.0741 e. The molecule has 1 atom stereocenters. The Morgan fingerprint density at radius 1 is 1.06 bits per heavy atom. The molecule has 1 unspecified atom stereocenters. The molecule has 3 heteroatoms. The molecule has 16 heavy (non-hydrogen) atoms. The van der Waals surface area contributed by atoms with Crippen molar-refractivity contribution >= 4 is 0 Å². The van der Waals surface area contributed by atoms with E-state index in [9.17, 15) is 0 Å². The van der Waals surface area contributed by atoms with E-state index < -0.39 is 0 Å². The molecule has 0 fully saturated rings. The van der Waals surface area contributed by atoms with Crippen LogP contribution in [0.5, 0.6) is 0 Å². The molecule has 0 spiro atoms. The normalized spacial score (nSPS) is 11.2. The van der Waals surface area contributed by atoms with Gasteiger partial charge in [0.1, 0.15) is 0 Å². The summed E-state index contributed by atoms with van der Waals surface area (Å²) in [6.07, 6.45) is 5.24. The van der Waals surface area contributed by atoms with Gasteiger partial charge in [0.25, 0.3) is 0 Å². The monoisotopic (exact) mass is 215 g/mol. The van der Waals surface area contributed by atoms with Crippen molar-refractivity contribution in [1.82, 2.24) is 9.97 Å². The fraction of sp³-hybridized carbons (Fsp3) is 0.231. The van der Waals surface area contributed by atoms with Crippen LogP contribution in [0.2, 0.25) is 0 Å². The van der Waals surface area contributed by atoms with Gasteiger partial charge in [-0.25, -0.2) is 0 Å². The van der Waals surface area contributed by atoms with Crippen LogP contribution < -0.4 is 5.73 Å². The summed E-state index contributed by atoms with van der Waals surface area (Å²) in [5.41, 5.74) is 7.85. The average Bonchev–Trinajstić information content (AvgIpc) is 2.42. The zero-order valence-corrected chi connectivity index (χ0v) is 9.67. The average molecular weight is 215 g/mol. The zero-order valence-electron chi connectivity index (χ0n) is 9.67. The van der Waals surface area contributed by atoms with Crippen molar-refractivity contribution in [3.05, 3.63) is 60.2 Å². The zero-order chi connectivity index (χ0) is 11.8. The maximum absolute atomic E-state index is 6.01. The minimum absolute atomic E-state index is 0.190. The second-order valence-corrected chi connectivity index (χ2v) is 3.02. The van der Waals surface area contributed by atoms with Crippen molar-refractivity contribution in [2.45, 2.75) is 19.9 Å². The quantitative estimate of drug-likeness (QED) is 0.837. The number of nitrogens with two attached hydrogens (primary N) is 1. The van der Waals surface area contributed by atoms with E-state index in [2.05, 4.69) is 9.97 Å². The highest BCUT2D eigenvalue weighted by Crippen LogP contribution is 2.15. The van der Waals surface area contributed by atoms with Crippen LogP contribution in [-0.4, -0.2) is 9.97 Å². The lowest BCUT2D eigenvalue weighted by Gasteiger charge is -2.09.